The van der Waals surface area contributed by atoms with Gasteiger partial charge in [-0.2, -0.15) is 0 Å². The molecule has 0 amide bonds. The molecule has 0 aliphatic rings. The van der Waals surface area contributed by atoms with E-state index >= 15 is 0 Å². The Balaban J connectivity index is 1.68. The monoisotopic (exact) mass is 327 g/mol. The predicted molar refractivity (Wildman–Crippen MR) is 86.5 cm³/mol. The fraction of sp³-hybridized carbons (Fsp3) is 0.133. The summed E-state index contributed by atoms with van der Waals surface area (Å²) in [5.41, 5.74) is 0.973. The molecule has 116 valence electrons. The van der Waals surface area contributed by atoms with Crippen LogP contribution in [-0.2, 0) is 5.75 Å². The van der Waals surface area contributed by atoms with Gasteiger partial charge >= 0.3 is 0 Å². The fourth-order valence-electron chi connectivity index (χ4n) is 2.06. The molecular weight excluding hydrogens is 314 g/mol. The summed E-state index contributed by atoms with van der Waals surface area (Å²) in [5, 5.41) is 19.9. The van der Waals surface area contributed by atoms with E-state index in [1.54, 1.807) is 18.3 Å². The second kappa shape index (κ2) is 6.57. The summed E-state index contributed by atoms with van der Waals surface area (Å²) in [6.45, 7) is 1.90. The zero-order chi connectivity index (χ0) is 16.2. The molecule has 0 N–H and O–H groups in total. The van der Waals surface area contributed by atoms with Crippen LogP contribution in [0, 0.1) is 17.0 Å². The highest BCUT2D eigenvalue weighted by atomic mass is 32.2. The first kappa shape index (κ1) is 15.2. The van der Waals surface area contributed by atoms with Gasteiger partial charge in [0, 0.05) is 30.3 Å². The first-order valence-electron chi connectivity index (χ1n) is 6.83. The van der Waals surface area contributed by atoms with Gasteiger partial charge in [0.05, 0.1) is 4.92 Å². The van der Waals surface area contributed by atoms with Crippen molar-refractivity contribution < 1.29 is 4.92 Å². The summed E-state index contributed by atoms with van der Waals surface area (Å²) in [6, 6.07) is 10.3. The lowest BCUT2D eigenvalue weighted by atomic mass is 10.2. The Kier molecular flexibility index (Phi) is 4.33. The number of thioether (sulfide) groups is 1. The Morgan fingerprint density at radius 3 is 2.78 bits per heavy atom. The van der Waals surface area contributed by atoms with E-state index in [1.165, 1.54) is 17.8 Å². The van der Waals surface area contributed by atoms with E-state index in [4.69, 9.17) is 0 Å². The van der Waals surface area contributed by atoms with Crippen LogP contribution in [0.2, 0.25) is 0 Å². The Labute approximate surface area is 136 Å². The number of nitro groups is 1. The Bertz CT molecular complexity index is 832. The van der Waals surface area contributed by atoms with Crippen molar-refractivity contribution in [2.24, 2.45) is 0 Å². The van der Waals surface area contributed by atoms with E-state index in [9.17, 15) is 10.1 Å². The van der Waals surface area contributed by atoms with E-state index in [0.29, 0.717) is 11.6 Å². The molecule has 0 aliphatic carbocycles. The summed E-state index contributed by atoms with van der Waals surface area (Å²) in [4.78, 5) is 14.5. The summed E-state index contributed by atoms with van der Waals surface area (Å²) < 4.78 is 1.85. The fourth-order valence-corrected chi connectivity index (χ4v) is 2.81. The molecule has 0 aliphatic heterocycles. The van der Waals surface area contributed by atoms with Crippen molar-refractivity contribution in [1.82, 2.24) is 19.7 Å². The van der Waals surface area contributed by atoms with Crippen LogP contribution in [0.1, 0.15) is 11.4 Å². The SMILES string of the molecule is Cc1nccn1-c1ccc(SCc2cccc([N+](=O)[O-])c2)nn1. The van der Waals surface area contributed by atoms with Crippen LogP contribution in [0.15, 0.2) is 53.8 Å². The van der Waals surface area contributed by atoms with Crippen LogP contribution < -0.4 is 0 Å². The molecule has 1 aromatic carbocycles. The lowest BCUT2D eigenvalue weighted by Crippen LogP contribution is -2.00. The number of nitro benzene ring substituents is 1. The maximum absolute atomic E-state index is 10.8. The molecule has 0 saturated carbocycles. The molecule has 3 rings (SSSR count). The van der Waals surface area contributed by atoms with Gasteiger partial charge in [-0.3, -0.25) is 14.7 Å². The first-order chi connectivity index (χ1) is 11.1. The number of aryl methyl sites for hydroxylation is 1. The van der Waals surface area contributed by atoms with Gasteiger partial charge in [0.25, 0.3) is 5.69 Å². The number of hydrogen-bond donors (Lipinski definition) is 0. The third kappa shape index (κ3) is 3.54. The lowest BCUT2D eigenvalue weighted by Gasteiger charge is -2.04. The maximum Gasteiger partial charge on any atom is 0.269 e. The van der Waals surface area contributed by atoms with Gasteiger partial charge in [-0.05, 0) is 24.6 Å². The molecule has 8 heteroatoms. The summed E-state index contributed by atoms with van der Waals surface area (Å²) >= 11 is 1.48. The van der Waals surface area contributed by atoms with Gasteiger partial charge in [0.15, 0.2) is 5.82 Å². The molecule has 0 bridgehead atoms. The van der Waals surface area contributed by atoms with Crippen LogP contribution in [0.25, 0.3) is 5.82 Å². The van der Waals surface area contributed by atoms with Gasteiger partial charge in [-0.25, -0.2) is 4.98 Å². The number of hydrogen-bond acceptors (Lipinski definition) is 6. The van der Waals surface area contributed by atoms with E-state index in [-0.39, 0.29) is 5.69 Å². The topological polar surface area (TPSA) is 86.7 Å². The molecule has 0 atom stereocenters. The van der Waals surface area contributed by atoms with Gasteiger partial charge in [0.1, 0.15) is 10.9 Å². The number of rotatable bonds is 5. The molecule has 2 heterocycles. The third-order valence-electron chi connectivity index (χ3n) is 3.21. The zero-order valence-electron chi connectivity index (χ0n) is 12.3. The predicted octanol–water partition coefficient (Wildman–Crippen LogP) is 3.17. The molecule has 0 fully saturated rings. The number of nitrogens with zero attached hydrogens (tertiary/aromatic N) is 5. The van der Waals surface area contributed by atoms with Gasteiger partial charge in [0.2, 0.25) is 0 Å². The summed E-state index contributed by atoms with van der Waals surface area (Å²) in [5.74, 6) is 2.15. The Hall–Kier alpha value is -2.74. The van der Waals surface area contributed by atoms with Crippen LogP contribution in [0.3, 0.4) is 0 Å². The number of aromatic nitrogens is 4. The van der Waals surface area contributed by atoms with Gasteiger partial charge in [-0.15, -0.1) is 10.2 Å². The average molecular weight is 327 g/mol. The van der Waals surface area contributed by atoms with Gasteiger partial charge in [-0.1, -0.05) is 23.9 Å². The smallest absolute Gasteiger partial charge is 0.269 e. The molecule has 0 radical (unpaired) electrons. The minimum atomic E-state index is -0.393. The van der Waals surface area contributed by atoms with Crippen LogP contribution >= 0.6 is 11.8 Å². The molecule has 0 saturated heterocycles. The Morgan fingerprint density at radius 2 is 2.13 bits per heavy atom. The molecule has 0 unspecified atom stereocenters. The van der Waals surface area contributed by atoms with Crippen molar-refractivity contribution in [2.45, 2.75) is 17.7 Å². The molecular formula is C15H13N5O2S. The van der Waals surface area contributed by atoms with Crippen molar-refractivity contribution in [3.8, 4) is 5.82 Å². The normalized spacial score (nSPS) is 10.7. The molecule has 0 spiro atoms. The Morgan fingerprint density at radius 1 is 1.26 bits per heavy atom. The molecule has 3 aromatic rings. The molecule has 23 heavy (non-hydrogen) atoms. The van der Waals surface area contributed by atoms with E-state index in [2.05, 4.69) is 15.2 Å². The zero-order valence-corrected chi connectivity index (χ0v) is 13.1. The third-order valence-corrected chi connectivity index (χ3v) is 4.20. The minimum absolute atomic E-state index is 0.0973. The maximum atomic E-state index is 10.8. The van der Waals surface area contributed by atoms with E-state index in [0.717, 1.165) is 16.4 Å². The quantitative estimate of drug-likeness (QED) is 0.406. The van der Waals surface area contributed by atoms with Crippen molar-refractivity contribution in [2.75, 3.05) is 0 Å². The second-order valence-corrected chi connectivity index (χ2v) is 5.79. The number of benzene rings is 1. The van der Waals surface area contributed by atoms with E-state index < -0.39 is 4.92 Å². The summed E-state index contributed by atoms with van der Waals surface area (Å²) in [7, 11) is 0. The largest absolute Gasteiger partial charge is 0.287 e. The first-order valence-corrected chi connectivity index (χ1v) is 7.82. The van der Waals surface area contributed by atoms with Crippen molar-refractivity contribution >= 4 is 17.4 Å². The summed E-state index contributed by atoms with van der Waals surface area (Å²) in [6.07, 6.45) is 3.54. The number of non-ortho nitro benzene ring substituents is 1. The van der Waals surface area contributed by atoms with Crippen molar-refractivity contribution in [3.63, 3.8) is 0 Å². The van der Waals surface area contributed by atoms with Crippen molar-refractivity contribution in [1.29, 1.82) is 0 Å². The van der Waals surface area contributed by atoms with Crippen molar-refractivity contribution in [3.05, 3.63) is 70.3 Å². The van der Waals surface area contributed by atoms with E-state index in [1.807, 2.05) is 35.9 Å². The standard InChI is InChI=1S/C15H13N5O2S/c1-11-16-7-8-19(11)14-5-6-15(18-17-14)23-10-12-3-2-4-13(9-12)20(21)22/h2-9H,10H2,1H3. The van der Waals surface area contributed by atoms with Gasteiger partial charge < -0.3 is 0 Å². The average Bonchev–Trinajstić information content (AvgIpc) is 3.00. The minimum Gasteiger partial charge on any atom is -0.287 e. The lowest BCUT2D eigenvalue weighted by molar-refractivity contribution is -0.384. The molecule has 2 aromatic heterocycles. The van der Waals surface area contributed by atoms with Crippen LogP contribution in [0.5, 0.6) is 0 Å². The molecule has 7 nitrogen and oxygen atoms in total. The highest BCUT2D eigenvalue weighted by Crippen LogP contribution is 2.23. The number of imidazole rings is 1. The van der Waals surface area contributed by atoms with Crippen LogP contribution in [0.4, 0.5) is 5.69 Å². The van der Waals surface area contributed by atoms with Crippen LogP contribution in [-0.4, -0.2) is 24.7 Å². The highest BCUT2D eigenvalue weighted by molar-refractivity contribution is 7.98. The second-order valence-electron chi connectivity index (χ2n) is 4.79. The highest BCUT2D eigenvalue weighted by Gasteiger charge is 2.07.